The zero-order chi connectivity index (χ0) is 28.0. The third kappa shape index (κ3) is 4.57. The van der Waals surface area contributed by atoms with Crippen LogP contribution in [0.1, 0.15) is 81.7 Å². The van der Waals surface area contributed by atoms with Gasteiger partial charge < -0.3 is 31.6 Å². The first-order valence-electron chi connectivity index (χ1n) is 12.8. The van der Waals surface area contributed by atoms with Crippen LogP contribution in [0, 0.1) is 11.6 Å². The van der Waals surface area contributed by atoms with E-state index < -0.39 is 11.9 Å². The number of aromatic nitrogens is 4. The fraction of sp³-hybridized carbons (Fsp3) is 0.286. The van der Waals surface area contributed by atoms with Crippen LogP contribution in [0.15, 0.2) is 45.6 Å². The molecule has 6 heterocycles. The van der Waals surface area contributed by atoms with Crippen molar-refractivity contribution in [2.24, 2.45) is 5.73 Å². The van der Waals surface area contributed by atoms with Crippen molar-refractivity contribution in [3.05, 3.63) is 79.8 Å². The summed E-state index contributed by atoms with van der Waals surface area (Å²) in [6.45, 7) is 0. The molecule has 1 amide bonds. The molecule has 2 aliphatic carbocycles. The second-order valence-electron chi connectivity index (χ2n) is 10.7. The number of rotatable bonds is 2. The first-order valence-corrected chi connectivity index (χ1v) is 14.4. The molecule has 2 saturated carbocycles. The molecule has 4 aliphatic heterocycles. The number of carbonyl (C=O) groups excluding carboxylic acids is 1. The average molecular weight is 708 g/mol. The van der Waals surface area contributed by atoms with Gasteiger partial charge in [0.2, 0.25) is 0 Å². The van der Waals surface area contributed by atoms with Crippen LogP contribution >= 0.6 is 31.9 Å². The number of carboxylic acids is 1. The predicted octanol–water partition coefficient (Wildman–Crippen LogP) is 5.90. The molecule has 4 bridgehead atoms. The standard InChI is InChI=1S/C14H11BrFN3O.C14H10BrFN2O2.H3N.H2O/c15-10-3-9-8(4-11(10)16)6-1-7(2-6)19-5-12(13(17)20)18-14(9)19;15-10-3-9-8(4-11(10)16)6-1-7(2-6)18-5-12(14(19)20)17-13(9)18;;/h3-7H,1-2H2,(H2,17,20);3-7H,1-2H2,(H,19,20);1H3;1H2. The van der Waals surface area contributed by atoms with Gasteiger partial charge in [-0.15, -0.1) is 0 Å². The highest BCUT2D eigenvalue weighted by Crippen LogP contribution is 2.53. The molecule has 6 aliphatic rings. The molecule has 0 saturated heterocycles. The molecule has 0 spiro atoms. The van der Waals surface area contributed by atoms with Gasteiger partial charge in [-0.3, -0.25) is 4.79 Å². The molecule has 0 unspecified atom stereocenters. The van der Waals surface area contributed by atoms with Crippen molar-refractivity contribution < 1.29 is 29.0 Å². The maximum atomic E-state index is 13.8. The summed E-state index contributed by atoms with van der Waals surface area (Å²) in [7, 11) is 0. The van der Waals surface area contributed by atoms with Crippen molar-refractivity contribution >= 4 is 43.7 Å². The molecular formula is C28H26Br2F2N6O4. The van der Waals surface area contributed by atoms with Gasteiger partial charge in [-0.1, -0.05) is 0 Å². The summed E-state index contributed by atoms with van der Waals surface area (Å²) in [6, 6.07) is 7.17. The second kappa shape index (κ2) is 10.7. The molecule has 0 radical (unpaired) electrons. The zero-order valence-corrected chi connectivity index (χ0v) is 25.1. The number of hydrogen-bond acceptors (Lipinski definition) is 5. The second-order valence-corrected chi connectivity index (χ2v) is 12.4. The Bertz CT molecular complexity index is 1630. The lowest BCUT2D eigenvalue weighted by Gasteiger charge is -2.34. The number of nitrogens with zero attached hydrogens (tertiary/aromatic N) is 4. The van der Waals surface area contributed by atoms with Gasteiger partial charge in [-0.2, -0.15) is 0 Å². The molecule has 220 valence electrons. The lowest BCUT2D eigenvalue weighted by atomic mass is 9.76. The van der Waals surface area contributed by atoms with Crippen LogP contribution in [-0.2, 0) is 0 Å². The number of carboxylic acid groups (broad SMARTS) is 1. The van der Waals surface area contributed by atoms with E-state index in [1.54, 1.807) is 36.7 Å². The number of halogens is 4. The number of amides is 1. The molecule has 4 aromatic rings. The number of carbonyl (C=O) groups is 2. The van der Waals surface area contributed by atoms with E-state index in [1.807, 2.05) is 9.13 Å². The molecule has 10 nitrogen and oxygen atoms in total. The van der Waals surface area contributed by atoms with Crippen molar-refractivity contribution in [1.29, 1.82) is 0 Å². The van der Waals surface area contributed by atoms with Crippen molar-refractivity contribution in [3.8, 4) is 22.8 Å². The SMILES string of the molecule is N.NC(=O)c1cn2c(n1)-c1cc(Br)c(F)cc1C1CC2C1.O.O=C(O)c1cn2c(n1)-c1cc(Br)c(F)cc1C1CC2C1. The Morgan fingerprint density at radius 3 is 1.62 bits per heavy atom. The van der Waals surface area contributed by atoms with E-state index in [4.69, 9.17) is 10.8 Å². The van der Waals surface area contributed by atoms with E-state index in [9.17, 15) is 18.4 Å². The van der Waals surface area contributed by atoms with E-state index in [0.717, 1.165) is 47.9 Å². The van der Waals surface area contributed by atoms with Crippen molar-refractivity contribution in [1.82, 2.24) is 25.3 Å². The molecule has 42 heavy (non-hydrogen) atoms. The molecule has 2 fully saturated rings. The van der Waals surface area contributed by atoms with Crippen LogP contribution in [-0.4, -0.2) is 41.6 Å². The largest absolute Gasteiger partial charge is 0.476 e. The van der Waals surface area contributed by atoms with Crippen LogP contribution in [0.3, 0.4) is 0 Å². The molecular weight excluding hydrogens is 682 g/mol. The van der Waals surface area contributed by atoms with Gasteiger partial charge in [-0.05, 0) is 105 Å². The minimum absolute atomic E-state index is 0. The van der Waals surface area contributed by atoms with Crippen LogP contribution in [0.4, 0.5) is 8.78 Å². The van der Waals surface area contributed by atoms with Crippen LogP contribution in [0.2, 0.25) is 0 Å². The van der Waals surface area contributed by atoms with E-state index in [2.05, 4.69) is 41.8 Å². The Morgan fingerprint density at radius 2 is 1.21 bits per heavy atom. The van der Waals surface area contributed by atoms with E-state index in [-0.39, 0.29) is 40.7 Å². The third-order valence-corrected chi connectivity index (χ3v) is 9.71. The van der Waals surface area contributed by atoms with Crippen molar-refractivity contribution in [2.45, 2.75) is 49.6 Å². The quantitative estimate of drug-likeness (QED) is 0.233. The minimum Gasteiger partial charge on any atom is -0.476 e. The zero-order valence-electron chi connectivity index (χ0n) is 22.0. The Morgan fingerprint density at radius 1 is 0.810 bits per heavy atom. The topological polar surface area (TPSA) is 183 Å². The van der Waals surface area contributed by atoms with Crippen molar-refractivity contribution in [2.75, 3.05) is 0 Å². The lowest BCUT2D eigenvalue weighted by Crippen LogP contribution is -2.22. The van der Waals surface area contributed by atoms with Gasteiger partial charge in [0.1, 0.15) is 29.0 Å². The maximum absolute atomic E-state index is 13.8. The fourth-order valence-corrected chi connectivity index (χ4v) is 6.98. The van der Waals surface area contributed by atoms with E-state index in [1.165, 1.54) is 0 Å². The van der Waals surface area contributed by atoms with Crippen LogP contribution in [0.5, 0.6) is 0 Å². The predicted molar refractivity (Wildman–Crippen MR) is 157 cm³/mol. The Labute approximate surface area is 255 Å². The minimum atomic E-state index is -1.04. The Kier molecular flexibility index (Phi) is 7.62. The summed E-state index contributed by atoms with van der Waals surface area (Å²) in [5.41, 5.74) is 9.23. The molecule has 8 N–H and O–H groups in total. The molecule has 0 atom stereocenters. The van der Waals surface area contributed by atoms with Gasteiger partial charge in [0.05, 0.1) is 8.95 Å². The summed E-state index contributed by atoms with van der Waals surface area (Å²) in [5, 5.41) is 9.11. The summed E-state index contributed by atoms with van der Waals surface area (Å²) >= 11 is 6.41. The summed E-state index contributed by atoms with van der Waals surface area (Å²) in [6.07, 6.45) is 7.04. The van der Waals surface area contributed by atoms with Gasteiger partial charge >= 0.3 is 5.97 Å². The van der Waals surface area contributed by atoms with Gasteiger partial charge in [0, 0.05) is 35.6 Å². The lowest BCUT2D eigenvalue weighted by molar-refractivity contribution is 0.0690. The third-order valence-electron chi connectivity index (χ3n) is 8.50. The highest BCUT2D eigenvalue weighted by atomic mass is 79.9. The number of benzene rings is 2. The Hall–Kier alpha value is -3.46. The smallest absolute Gasteiger partial charge is 0.356 e. The van der Waals surface area contributed by atoms with Crippen molar-refractivity contribution in [3.63, 3.8) is 0 Å². The maximum Gasteiger partial charge on any atom is 0.356 e. The number of aromatic carboxylic acids is 1. The van der Waals surface area contributed by atoms with Gasteiger partial charge in [0.25, 0.3) is 5.91 Å². The fourth-order valence-electron chi connectivity index (χ4n) is 6.29. The normalized spacial score (nSPS) is 21.4. The Balaban J connectivity index is 0.000000160. The summed E-state index contributed by atoms with van der Waals surface area (Å²) in [4.78, 5) is 31.0. The number of hydrogen-bond donors (Lipinski definition) is 3. The summed E-state index contributed by atoms with van der Waals surface area (Å²) < 4.78 is 32.3. The van der Waals surface area contributed by atoms with Crippen LogP contribution < -0.4 is 11.9 Å². The highest BCUT2D eigenvalue weighted by Gasteiger charge is 2.40. The highest BCUT2D eigenvalue weighted by molar-refractivity contribution is 9.10. The van der Waals surface area contributed by atoms with E-state index in [0.29, 0.717) is 38.5 Å². The number of primary amides is 1. The van der Waals surface area contributed by atoms with Gasteiger partial charge in [-0.25, -0.2) is 23.5 Å². The molecule has 10 rings (SSSR count). The van der Waals surface area contributed by atoms with Crippen LogP contribution in [0.25, 0.3) is 22.8 Å². The monoisotopic (exact) mass is 706 g/mol. The number of imidazole rings is 2. The number of nitrogens with two attached hydrogens (primary N) is 1. The van der Waals surface area contributed by atoms with E-state index >= 15 is 0 Å². The molecule has 14 heteroatoms. The molecule has 2 aromatic heterocycles. The first kappa shape index (κ1) is 30.0. The summed E-state index contributed by atoms with van der Waals surface area (Å²) in [5.74, 6) is -0.0761. The molecule has 2 aromatic carbocycles. The average Bonchev–Trinajstić information content (AvgIpc) is 3.38. The van der Waals surface area contributed by atoms with Gasteiger partial charge in [0.15, 0.2) is 5.69 Å². The first-order chi connectivity index (χ1) is 19.1.